The van der Waals surface area contributed by atoms with Crippen LogP contribution in [0, 0.1) is 10.1 Å². The van der Waals surface area contributed by atoms with Crippen LogP contribution in [0.3, 0.4) is 0 Å². The van der Waals surface area contributed by atoms with Crippen molar-refractivity contribution < 1.29 is 14.4 Å². The van der Waals surface area contributed by atoms with Gasteiger partial charge in [0.25, 0.3) is 11.2 Å². The van der Waals surface area contributed by atoms with Crippen LogP contribution in [-0.4, -0.2) is 61.7 Å². The molecule has 184 valence electrons. The van der Waals surface area contributed by atoms with E-state index in [1.807, 2.05) is 24.0 Å². The first-order chi connectivity index (χ1) is 16.8. The molecule has 0 unspecified atom stereocenters. The van der Waals surface area contributed by atoms with Gasteiger partial charge in [-0.05, 0) is 31.2 Å². The van der Waals surface area contributed by atoms with E-state index in [-0.39, 0.29) is 16.4 Å². The number of hydrogen-bond donors (Lipinski definition) is 0. The van der Waals surface area contributed by atoms with Crippen LogP contribution >= 0.6 is 11.6 Å². The van der Waals surface area contributed by atoms with E-state index in [0.29, 0.717) is 61.2 Å². The smallest absolute Gasteiger partial charge is 0.296 e. The quantitative estimate of drug-likeness (QED) is 0.357. The summed E-state index contributed by atoms with van der Waals surface area (Å²) in [6, 6.07) is 11.9. The van der Waals surface area contributed by atoms with Gasteiger partial charge < -0.3 is 19.3 Å². The number of morpholine rings is 1. The number of anilines is 2. The van der Waals surface area contributed by atoms with Crippen molar-refractivity contribution in [1.29, 1.82) is 0 Å². The van der Waals surface area contributed by atoms with E-state index >= 15 is 0 Å². The molecule has 0 amide bonds. The van der Waals surface area contributed by atoms with Gasteiger partial charge in [-0.25, -0.2) is 0 Å². The van der Waals surface area contributed by atoms with Gasteiger partial charge >= 0.3 is 0 Å². The highest BCUT2D eigenvalue weighted by Gasteiger charge is 2.28. The van der Waals surface area contributed by atoms with Gasteiger partial charge in [0.15, 0.2) is 5.69 Å². The van der Waals surface area contributed by atoms with Crippen molar-refractivity contribution in [2.24, 2.45) is 0 Å². The molecular formula is C24H26ClN5O5. The molecule has 1 saturated heterocycles. The average molecular weight is 500 g/mol. The van der Waals surface area contributed by atoms with Crippen molar-refractivity contribution in [3.05, 3.63) is 68.0 Å². The van der Waals surface area contributed by atoms with Gasteiger partial charge in [0.2, 0.25) is 0 Å². The fraction of sp³-hybridized carbons (Fsp3) is 0.333. The first-order valence-corrected chi connectivity index (χ1v) is 11.5. The highest BCUT2D eigenvalue weighted by atomic mass is 35.5. The van der Waals surface area contributed by atoms with Crippen molar-refractivity contribution >= 4 is 28.7 Å². The molecule has 0 radical (unpaired) electrons. The molecule has 35 heavy (non-hydrogen) atoms. The fourth-order valence-electron chi connectivity index (χ4n) is 3.94. The Bertz CT molecular complexity index is 1310. The second-order valence-corrected chi connectivity index (χ2v) is 8.38. The maximum absolute atomic E-state index is 13.6. The van der Waals surface area contributed by atoms with Crippen LogP contribution in [0.4, 0.5) is 17.1 Å². The van der Waals surface area contributed by atoms with E-state index in [4.69, 9.17) is 21.1 Å². The summed E-state index contributed by atoms with van der Waals surface area (Å²) < 4.78 is 11.8. The predicted octanol–water partition coefficient (Wildman–Crippen LogP) is 3.76. The van der Waals surface area contributed by atoms with Crippen LogP contribution in [-0.2, 0) is 4.74 Å². The minimum absolute atomic E-state index is 0.0684. The lowest BCUT2D eigenvalue weighted by Crippen LogP contribution is -2.36. The van der Waals surface area contributed by atoms with Gasteiger partial charge in [-0.2, -0.15) is 9.78 Å². The summed E-state index contributed by atoms with van der Waals surface area (Å²) in [7, 11) is 3.33. The van der Waals surface area contributed by atoms with Gasteiger partial charge in [0.05, 0.1) is 41.7 Å². The number of hydrogen-bond acceptors (Lipinski definition) is 8. The van der Waals surface area contributed by atoms with Crippen molar-refractivity contribution in [2.45, 2.75) is 6.92 Å². The number of rotatable bonds is 7. The number of nitro groups is 1. The third kappa shape index (κ3) is 4.80. The number of benzene rings is 2. The highest BCUT2D eigenvalue weighted by molar-refractivity contribution is 6.35. The van der Waals surface area contributed by atoms with Gasteiger partial charge in [-0.3, -0.25) is 14.9 Å². The molecule has 10 nitrogen and oxygen atoms in total. The molecule has 0 spiro atoms. The number of aromatic nitrogens is 2. The van der Waals surface area contributed by atoms with E-state index < -0.39 is 10.5 Å². The Morgan fingerprint density at radius 3 is 2.63 bits per heavy atom. The van der Waals surface area contributed by atoms with Crippen molar-refractivity contribution in [3.63, 3.8) is 0 Å². The first-order valence-electron chi connectivity index (χ1n) is 11.2. The van der Waals surface area contributed by atoms with Crippen LogP contribution < -0.4 is 20.1 Å². The molecule has 0 atom stereocenters. The van der Waals surface area contributed by atoms with Crippen molar-refractivity contribution in [2.75, 3.05) is 56.8 Å². The average Bonchev–Trinajstić information content (AvgIpc) is 2.88. The number of methoxy groups -OCH3 is 1. The molecule has 0 aliphatic carbocycles. The Labute approximate surface area is 207 Å². The second kappa shape index (κ2) is 10.3. The van der Waals surface area contributed by atoms with Crippen molar-refractivity contribution in [3.8, 4) is 22.7 Å². The molecule has 4 rings (SSSR count). The Morgan fingerprint density at radius 2 is 1.97 bits per heavy atom. The zero-order valence-electron chi connectivity index (χ0n) is 19.7. The number of halogens is 1. The summed E-state index contributed by atoms with van der Waals surface area (Å²) in [6.45, 7) is 4.62. The van der Waals surface area contributed by atoms with Crippen molar-refractivity contribution in [1.82, 2.24) is 9.78 Å². The third-order valence-corrected chi connectivity index (χ3v) is 6.35. The van der Waals surface area contributed by atoms with Gasteiger partial charge in [-0.15, -0.1) is 0 Å². The first kappa shape index (κ1) is 24.5. The lowest BCUT2D eigenvalue weighted by Gasteiger charge is -2.30. The number of ether oxygens (including phenoxy) is 2. The molecule has 1 aromatic heterocycles. The van der Waals surface area contributed by atoms with E-state index in [1.165, 1.54) is 6.07 Å². The van der Waals surface area contributed by atoms with Crippen LogP contribution in [0.15, 0.2) is 47.3 Å². The molecule has 1 aliphatic rings. The monoisotopic (exact) mass is 499 g/mol. The van der Waals surface area contributed by atoms with E-state index in [2.05, 4.69) is 5.10 Å². The van der Waals surface area contributed by atoms with Gasteiger partial charge in [0.1, 0.15) is 11.4 Å². The number of nitrogens with zero attached hydrogens (tertiary/aromatic N) is 5. The normalized spacial score (nSPS) is 13.5. The second-order valence-electron chi connectivity index (χ2n) is 8.00. The van der Waals surface area contributed by atoms with Crippen LogP contribution in [0.1, 0.15) is 6.92 Å². The summed E-state index contributed by atoms with van der Waals surface area (Å²) in [4.78, 5) is 28.8. The molecule has 11 heteroatoms. The van der Waals surface area contributed by atoms with E-state index in [0.717, 1.165) is 4.68 Å². The molecule has 2 heterocycles. The molecule has 0 bridgehead atoms. The zero-order valence-corrected chi connectivity index (χ0v) is 20.5. The summed E-state index contributed by atoms with van der Waals surface area (Å²) in [5, 5.41) is 16.6. The predicted molar refractivity (Wildman–Crippen MR) is 135 cm³/mol. The third-order valence-electron chi connectivity index (χ3n) is 5.98. The van der Waals surface area contributed by atoms with Crippen LogP contribution in [0.5, 0.6) is 5.75 Å². The molecule has 1 fully saturated rings. The largest absolute Gasteiger partial charge is 0.497 e. The summed E-state index contributed by atoms with van der Waals surface area (Å²) in [5.74, 6) is 0.616. The lowest BCUT2D eigenvalue weighted by atomic mass is 10.1. The minimum atomic E-state index is -0.556. The Morgan fingerprint density at radius 1 is 1.23 bits per heavy atom. The molecule has 2 aromatic carbocycles. The standard InChI is InChI=1S/C24H26ClN5O5/c1-4-27(2)21-15-18(16-6-5-7-17(14-16)34-3)26-29(24(21)31)23-20(30(32)33)9-8-19(22(23)25)28-10-12-35-13-11-28/h5-9,14-15H,4,10-13H2,1-3H3. The molecule has 3 aromatic rings. The maximum Gasteiger partial charge on any atom is 0.296 e. The van der Waals surface area contributed by atoms with Crippen LogP contribution in [0.2, 0.25) is 5.02 Å². The molecular weight excluding hydrogens is 474 g/mol. The van der Waals surface area contributed by atoms with E-state index in [1.54, 1.807) is 43.3 Å². The summed E-state index contributed by atoms with van der Waals surface area (Å²) in [5.41, 5.74) is 1.16. The zero-order chi connectivity index (χ0) is 25.1. The lowest BCUT2D eigenvalue weighted by molar-refractivity contribution is -0.384. The van der Waals surface area contributed by atoms with Gasteiger partial charge in [0, 0.05) is 38.3 Å². The highest BCUT2D eigenvalue weighted by Crippen LogP contribution is 2.38. The van der Waals surface area contributed by atoms with E-state index in [9.17, 15) is 14.9 Å². The Hall–Kier alpha value is -3.63. The summed E-state index contributed by atoms with van der Waals surface area (Å²) in [6.07, 6.45) is 0. The Balaban J connectivity index is 2.01. The SMILES string of the molecule is CCN(C)c1cc(-c2cccc(OC)c2)nn(-c2c([N+](=O)[O-])ccc(N3CCOCC3)c2Cl)c1=O. The minimum Gasteiger partial charge on any atom is -0.497 e. The van der Waals surface area contributed by atoms with Crippen LogP contribution in [0.25, 0.3) is 16.9 Å². The maximum atomic E-state index is 13.6. The molecule has 0 N–H and O–H groups in total. The fourth-order valence-corrected chi connectivity index (χ4v) is 4.30. The topological polar surface area (TPSA) is 103 Å². The molecule has 1 aliphatic heterocycles. The number of nitro benzene ring substituents is 1. The summed E-state index contributed by atoms with van der Waals surface area (Å²) >= 11 is 6.79. The van der Waals surface area contributed by atoms with Gasteiger partial charge in [-0.1, -0.05) is 23.7 Å². The molecule has 0 saturated carbocycles. The Kier molecular flexibility index (Phi) is 7.23.